The van der Waals surface area contributed by atoms with Gasteiger partial charge in [0.1, 0.15) is 0 Å². The molecule has 0 aliphatic heterocycles. The van der Waals surface area contributed by atoms with Crippen molar-refractivity contribution in [1.29, 1.82) is 5.41 Å². The lowest BCUT2D eigenvalue weighted by Crippen LogP contribution is -2.07. The van der Waals surface area contributed by atoms with E-state index in [2.05, 4.69) is 18.5 Å². The van der Waals surface area contributed by atoms with Crippen LogP contribution in [0.1, 0.15) is 0 Å². The van der Waals surface area contributed by atoms with Crippen LogP contribution in [0, 0.1) is 5.41 Å². The van der Waals surface area contributed by atoms with Gasteiger partial charge in [0.15, 0.2) is 0 Å². The summed E-state index contributed by atoms with van der Waals surface area (Å²) in [6.45, 7) is 7.77. The van der Waals surface area contributed by atoms with Crippen molar-refractivity contribution in [3.63, 3.8) is 0 Å². The molecule has 0 bridgehead atoms. The van der Waals surface area contributed by atoms with Gasteiger partial charge in [-0.05, 0) is 17.8 Å². The normalized spacial score (nSPS) is 10.2. The number of hydrogen-bond donors (Lipinski definition) is 2. The van der Waals surface area contributed by atoms with Crippen molar-refractivity contribution >= 4 is 6.21 Å². The van der Waals surface area contributed by atoms with Crippen LogP contribution in [-0.4, -0.2) is 12.8 Å². The van der Waals surface area contributed by atoms with Crippen molar-refractivity contribution in [2.45, 2.75) is 0 Å². The zero-order valence-corrected chi connectivity index (χ0v) is 5.93. The van der Waals surface area contributed by atoms with Crippen LogP contribution in [0.4, 0.5) is 0 Å². The van der Waals surface area contributed by atoms with E-state index in [1.54, 1.807) is 18.4 Å². The minimum Gasteiger partial charge on any atom is -0.387 e. The Labute approximate surface area is 61.5 Å². The van der Waals surface area contributed by atoms with Gasteiger partial charge in [-0.2, -0.15) is 0 Å². The maximum Gasteiger partial charge on any atom is 0.0395 e. The van der Waals surface area contributed by atoms with Crippen LogP contribution >= 0.6 is 0 Å². The molecule has 0 aromatic carbocycles. The third kappa shape index (κ3) is 3.66. The average molecular weight is 136 g/mol. The minimum absolute atomic E-state index is 0.683. The predicted molar refractivity (Wildman–Crippen MR) is 45.3 cm³/mol. The van der Waals surface area contributed by atoms with Crippen LogP contribution in [-0.2, 0) is 0 Å². The zero-order chi connectivity index (χ0) is 7.82. The van der Waals surface area contributed by atoms with Crippen molar-refractivity contribution in [3.05, 3.63) is 37.1 Å². The van der Waals surface area contributed by atoms with E-state index in [0.717, 1.165) is 5.57 Å². The quantitative estimate of drug-likeness (QED) is 0.436. The molecule has 0 aromatic rings. The molecule has 0 spiro atoms. The van der Waals surface area contributed by atoms with Crippen LogP contribution in [0.3, 0.4) is 0 Å². The molecular weight excluding hydrogens is 124 g/mol. The van der Waals surface area contributed by atoms with E-state index < -0.39 is 0 Å². The number of nitrogens with one attached hydrogen (secondary N) is 2. The highest BCUT2D eigenvalue weighted by molar-refractivity contribution is 5.69. The van der Waals surface area contributed by atoms with Gasteiger partial charge in [0.2, 0.25) is 0 Å². The summed E-state index contributed by atoms with van der Waals surface area (Å²) in [7, 11) is 0. The molecular formula is C8H12N2. The van der Waals surface area contributed by atoms with Crippen LogP contribution in [0.15, 0.2) is 37.1 Å². The smallest absolute Gasteiger partial charge is 0.0395 e. The van der Waals surface area contributed by atoms with Gasteiger partial charge in [0.05, 0.1) is 0 Å². The predicted octanol–water partition coefficient (Wildman–Crippen LogP) is 1.48. The summed E-state index contributed by atoms with van der Waals surface area (Å²) in [4.78, 5) is 0. The summed E-state index contributed by atoms with van der Waals surface area (Å²) in [6, 6.07) is 0. The van der Waals surface area contributed by atoms with Gasteiger partial charge in [0.25, 0.3) is 0 Å². The number of allylic oxidation sites excluding steroid dienone is 1. The fourth-order valence-electron chi connectivity index (χ4n) is 0.496. The summed E-state index contributed by atoms with van der Waals surface area (Å²) in [6.07, 6.45) is 6.24. The Kier molecular flexibility index (Phi) is 5.06. The summed E-state index contributed by atoms with van der Waals surface area (Å²) in [5.41, 5.74) is 0.981. The lowest BCUT2D eigenvalue weighted by atomic mass is 10.2. The first kappa shape index (κ1) is 8.69. The Morgan fingerprint density at radius 3 is 2.60 bits per heavy atom. The number of rotatable bonds is 5. The Bertz CT molecular complexity index is 157. The topological polar surface area (TPSA) is 35.9 Å². The van der Waals surface area contributed by atoms with E-state index in [-0.39, 0.29) is 0 Å². The third-order valence-corrected chi connectivity index (χ3v) is 1.01. The van der Waals surface area contributed by atoms with Gasteiger partial charge in [-0.3, -0.25) is 0 Å². The van der Waals surface area contributed by atoms with Gasteiger partial charge < -0.3 is 10.7 Å². The molecule has 2 heteroatoms. The van der Waals surface area contributed by atoms with Gasteiger partial charge in [-0.15, -0.1) is 0 Å². The van der Waals surface area contributed by atoms with Crippen molar-refractivity contribution < 1.29 is 0 Å². The Balaban J connectivity index is 3.81. The van der Waals surface area contributed by atoms with E-state index in [0.29, 0.717) is 6.54 Å². The lowest BCUT2D eigenvalue weighted by molar-refractivity contribution is 0.961. The van der Waals surface area contributed by atoms with Gasteiger partial charge in [-0.25, -0.2) is 0 Å². The summed E-state index contributed by atoms with van der Waals surface area (Å²) in [5, 5.41) is 9.67. The first-order chi connectivity index (χ1) is 4.85. The lowest BCUT2D eigenvalue weighted by Gasteiger charge is -1.98. The van der Waals surface area contributed by atoms with Crippen molar-refractivity contribution in [2.75, 3.05) is 6.54 Å². The second-order valence-corrected chi connectivity index (χ2v) is 1.70. The highest BCUT2D eigenvalue weighted by atomic mass is 14.8. The molecule has 0 radical (unpaired) electrons. The van der Waals surface area contributed by atoms with Crippen molar-refractivity contribution in [3.8, 4) is 0 Å². The van der Waals surface area contributed by atoms with E-state index in [1.165, 1.54) is 6.21 Å². The molecule has 0 saturated carbocycles. The Morgan fingerprint density at radius 2 is 2.20 bits per heavy atom. The van der Waals surface area contributed by atoms with Crippen LogP contribution in [0.2, 0.25) is 0 Å². The Morgan fingerprint density at radius 1 is 1.50 bits per heavy atom. The monoisotopic (exact) mass is 136 g/mol. The SMILES string of the molecule is C=CNC/C(C=C)=C/C=N. The highest BCUT2D eigenvalue weighted by Gasteiger charge is 1.84. The second kappa shape index (κ2) is 5.82. The van der Waals surface area contributed by atoms with Crippen molar-refractivity contribution in [2.24, 2.45) is 0 Å². The first-order valence-corrected chi connectivity index (χ1v) is 3.01. The molecule has 0 saturated heterocycles. The molecule has 0 unspecified atom stereocenters. The number of hydrogen-bond acceptors (Lipinski definition) is 2. The van der Waals surface area contributed by atoms with Gasteiger partial charge in [0, 0.05) is 12.8 Å². The minimum atomic E-state index is 0.683. The van der Waals surface area contributed by atoms with E-state index >= 15 is 0 Å². The standard InChI is InChI=1S/C8H12N2/c1-3-8(5-6-9)7-10-4-2/h3-6,9-10H,1-2,7H2/b8-5+,9-6?. The highest BCUT2D eigenvalue weighted by Crippen LogP contribution is 1.90. The molecule has 10 heavy (non-hydrogen) atoms. The largest absolute Gasteiger partial charge is 0.387 e. The molecule has 0 amide bonds. The molecule has 2 nitrogen and oxygen atoms in total. The Hall–Kier alpha value is -1.31. The fourth-order valence-corrected chi connectivity index (χ4v) is 0.496. The molecule has 0 rings (SSSR count). The first-order valence-electron chi connectivity index (χ1n) is 3.01. The van der Waals surface area contributed by atoms with Gasteiger partial charge >= 0.3 is 0 Å². The molecule has 0 heterocycles. The van der Waals surface area contributed by atoms with Crippen LogP contribution in [0.5, 0.6) is 0 Å². The summed E-state index contributed by atoms with van der Waals surface area (Å²) >= 11 is 0. The molecule has 0 fully saturated rings. The molecule has 0 aliphatic rings. The maximum absolute atomic E-state index is 6.77. The third-order valence-electron chi connectivity index (χ3n) is 1.01. The second-order valence-electron chi connectivity index (χ2n) is 1.70. The fraction of sp³-hybridized carbons (Fsp3) is 0.125. The van der Waals surface area contributed by atoms with E-state index in [1.807, 2.05) is 0 Å². The molecule has 2 N–H and O–H groups in total. The molecule has 0 aromatic heterocycles. The van der Waals surface area contributed by atoms with Crippen LogP contribution in [0.25, 0.3) is 0 Å². The van der Waals surface area contributed by atoms with Crippen molar-refractivity contribution in [1.82, 2.24) is 5.32 Å². The van der Waals surface area contributed by atoms with E-state index in [4.69, 9.17) is 5.41 Å². The van der Waals surface area contributed by atoms with Crippen LogP contribution < -0.4 is 5.32 Å². The van der Waals surface area contributed by atoms with Gasteiger partial charge in [-0.1, -0.05) is 19.2 Å². The summed E-state index contributed by atoms with van der Waals surface area (Å²) < 4.78 is 0. The van der Waals surface area contributed by atoms with E-state index in [9.17, 15) is 0 Å². The molecule has 54 valence electrons. The molecule has 0 atom stereocenters. The molecule has 0 aliphatic carbocycles. The average Bonchev–Trinajstić information content (AvgIpc) is 1.98. The summed E-state index contributed by atoms with van der Waals surface area (Å²) in [5.74, 6) is 0. The zero-order valence-electron chi connectivity index (χ0n) is 5.93. The maximum atomic E-state index is 6.77.